The van der Waals surface area contributed by atoms with Gasteiger partial charge in [-0.2, -0.15) is 0 Å². The van der Waals surface area contributed by atoms with Gasteiger partial charge in [0.25, 0.3) is 0 Å². The van der Waals surface area contributed by atoms with Gasteiger partial charge in [0.05, 0.1) is 10.7 Å². The Kier molecular flexibility index (Phi) is 4.52. The van der Waals surface area contributed by atoms with Gasteiger partial charge in [0.2, 0.25) is 0 Å². The average Bonchev–Trinajstić information content (AvgIpc) is 2.23. The Labute approximate surface area is 118 Å². The molecule has 0 saturated heterocycles. The largest absolute Gasteiger partial charge is 0.495 e. The fourth-order valence-electron chi connectivity index (χ4n) is 1.26. The van der Waals surface area contributed by atoms with Gasteiger partial charge in [-0.05, 0) is 49.4 Å². The van der Waals surface area contributed by atoms with Crippen molar-refractivity contribution in [2.75, 3.05) is 7.11 Å². The minimum atomic E-state index is -1.11. The first kappa shape index (κ1) is 15.1. The van der Waals surface area contributed by atoms with Crippen molar-refractivity contribution in [1.29, 1.82) is 0 Å². The summed E-state index contributed by atoms with van der Waals surface area (Å²) in [4.78, 5) is 11.9. The lowest BCUT2D eigenvalue weighted by atomic mass is 10.1. The van der Waals surface area contributed by atoms with Gasteiger partial charge in [-0.15, -0.1) is 0 Å². The van der Waals surface area contributed by atoms with Crippen LogP contribution >= 0.6 is 22.6 Å². The van der Waals surface area contributed by atoms with Gasteiger partial charge in [-0.25, -0.2) is 13.6 Å². The van der Waals surface area contributed by atoms with Crippen molar-refractivity contribution in [2.45, 2.75) is 26.4 Å². The molecule has 100 valence electrons. The summed E-state index contributed by atoms with van der Waals surface area (Å²) in [6.45, 7) is 5.05. The molecule has 0 amide bonds. The molecule has 1 aromatic rings. The highest BCUT2D eigenvalue weighted by molar-refractivity contribution is 14.1. The molecule has 0 radical (unpaired) electrons. The maximum absolute atomic E-state index is 13.3. The molecule has 18 heavy (non-hydrogen) atoms. The molecule has 0 heterocycles. The molecule has 6 heteroatoms. The number of benzene rings is 1. The normalized spacial score (nSPS) is 11.3. The molecule has 0 unspecified atom stereocenters. The van der Waals surface area contributed by atoms with Crippen LogP contribution in [0.1, 0.15) is 31.1 Å². The fraction of sp³-hybridized carbons (Fsp3) is 0.417. The summed E-state index contributed by atoms with van der Waals surface area (Å²) >= 11 is 1.58. The van der Waals surface area contributed by atoms with Gasteiger partial charge in [0, 0.05) is 0 Å². The summed E-state index contributed by atoms with van der Waals surface area (Å²) in [6, 6.07) is 0.782. The van der Waals surface area contributed by atoms with Gasteiger partial charge in [0.1, 0.15) is 16.9 Å². The van der Waals surface area contributed by atoms with Gasteiger partial charge in [-0.3, -0.25) is 0 Å². The first-order chi connectivity index (χ1) is 8.17. The second-order valence-electron chi connectivity index (χ2n) is 4.57. The van der Waals surface area contributed by atoms with Gasteiger partial charge in [-0.1, -0.05) is 0 Å². The Morgan fingerprint density at radius 3 is 2.33 bits per heavy atom. The predicted octanol–water partition coefficient (Wildman–Crippen LogP) is 3.53. The number of carbonyl (C=O) groups excluding carboxylic acids is 1. The van der Waals surface area contributed by atoms with E-state index in [2.05, 4.69) is 0 Å². The van der Waals surface area contributed by atoms with Crippen molar-refractivity contribution in [3.63, 3.8) is 0 Å². The Morgan fingerprint density at radius 1 is 1.33 bits per heavy atom. The molecule has 0 aromatic heterocycles. The van der Waals surface area contributed by atoms with Crippen molar-refractivity contribution in [3.05, 3.63) is 26.8 Å². The van der Waals surface area contributed by atoms with Crippen LogP contribution < -0.4 is 4.74 Å². The van der Waals surface area contributed by atoms with Crippen molar-refractivity contribution < 1.29 is 23.0 Å². The number of ether oxygens (including phenoxy) is 2. The average molecular weight is 370 g/mol. The van der Waals surface area contributed by atoms with E-state index in [0.29, 0.717) is 0 Å². The molecular formula is C12H13F2IO3. The summed E-state index contributed by atoms with van der Waals surface area (Å²) in [7, 11) is 1.28. The van der Waals surface area contributed by atoms with Gasteiger partial charge < -0.3 is 9.47 Å². The van der Waals surface area contributed by atoms with E-state index in [1.807, 2.05) is 0 Å². The van der Waals surface area contributed by atoms with Crippen molar-refractivity contribution in [1.82, 2.24) is 0 Å². The molecule has 0 aliphatic rings. The van der Waals surface area contributed by atoms with Crippen LogP contribution in [0.2, 0.25) is 0 Å². The number of rotatable bonds is 2. The molecule has 0 fully saturated rings. The Bertz CT molecular complexity index is 481. The van der Waals surface area contributed by atoms with Gasteiger partial charge in [0.15, 0.2) is 11.6 Å². The summed E-state index contributed by atoms with van der Waals surface area (Å²) < 4.78 is 36.6. The van der Waals surface area contributed by atoms with Crippen LogP contribution in [0.4, 0.5) is 8.78 Å². The van der Waals surface area contributed by atoms with Crippen molar-refractivity contribution in [3.8, 4) is 5.75 Å². The van der Waals surface area contributed by atoms with Crippen LogP contribution in [-0.4, -0.2) is 18.7 Å². The minimum absolute atomic E-state index is 0.0243. The van der Waals surface area contributed by atoms with E-state index in [-0.39, 0.29) is 14.9 Å². The van der Waals surface area contributed by atoms with Crippen LogP contribution in [0.5, 0.6) is 5.75 Å². The second-order valence-corrected chi connectivity index (χ2v) is 5.65. The SMILES string of the molecule is COc1c(C(=O)OC(C)(C)C)cc(F)c(F)c1I. The van der Waals surface area contributed by atoms with Crippen LogP contribution in [-0.2, 0) is 4.74 Å². The summed E-state index contributed by atoms with van der Waals surface area (Å²) in [6.07, 6.45) is 0. The summed E-state index contributed by atoms with van der Waals surface area (Å²) in [5.74, 6) is -2.93. The molecular weight excluding hydrogens is 357 g/mol. The van der Waals surface area contributed by atoms with Crippen molar-refractivity contribution >= 4 is 28.6 Å². The monoisotopic (exact) mass is 370 g/mol. The predicted molar refractivity (Wildman–Crippen MR) is 70.8 cm³/mol. The summed E-state index contributed by atoms with van der Waals surface area (Å²) in [5, 5.41) is 0. The fourth-order valence-corrected chi connectivity index (χ4v) is 2.03. The van der Waals surface area contributed by atoms with E-state index < -0.39 is 23.2 Å². The third-order valence-corrected chi connectivity index (χ3v) is 2.90. The van der Waals surface area contributed by atoms with E-state index in [1.54, 1.807) is 43.4 Å². The highest BCUT2D eigenvalue weighted by Crippen LogP contribution is 2.31. The van der Waals surface area contributed by atoms with E-state index in [9.17, 15) is 13.6 Å². The number of hydrogen-bond donors (Lipinski definition) is 0. The van der Waals surface area contributed by atoms with Crippen LogP contribution in [0.15, 0.2) is 6.07 Å². The highest BCUT2D eigenvalue weighted by atomic mass is 127. The lowest BCUT2D eigenvalue weighted by Crippen LogP contribution is -2.24. The standard InChI is InChI=1S/C12H13F2IO3/c1-12(2,3)18-11(16)6-5-7(13)8(14)9(15)10(6)17-4/h5H,1-4H3. The first-order valence-electron chi connectivity index (χ1n) is 5.12. The molecule has 0 aliphatic heterocycles. The zero-order chi connectivity index (χ0) is 14.1. The second kappa shape index (κ2) is 5.38. The molecule has 0 spiro atoms. The molecule has 0 N–H and O–H groups in total. The third-order valence-electron chi connectivity index (χ3n) is 1.94. The number of hydrogen-bond acceptors (Lipinski definition) is 3. The quantitative estimate of drug-likeness (QED) is 0.454. The maximum Gasteiger partial charge on any atom is 0.342 e. The Hall–Kier alpha value is -0.920. The van der Waals surface area contributed by atoms with Crippen LogP contribution in [0, 0.1) is 15.2 Å². The molecule has 0 saturated carbocycles. The molecule has 1 aromatic carbocycles. The smallest absolute Gasteiger partial charge is 0.342 e. The molecule has 0 bridgehead atoms. The Morgan fingerprint density at radius 2 is 1.89 bits per heavy atom. The minimum Gasteiger partial charge on any atom is -0.495 e. The summed E-state index contributed by atoms with van der Waals surface area (Å²) in [5.41, 5.74) is -0.853. The number of carbonyl (C=O) groups is 1. The van der Waals surface area contributed by atoms with E-state index in [1.165, 1.54) is 7.11 Å². The maximum atomic E-state index is 13.3. The van der Waals surface area contributed by atoms with E-state index in [4.69, 9.17) is 9.47 Å². The molecule has 3 nitrogen and oxygen atoms in total. The zero-order valence-electron chi connectivity index (χ0n) is 10.4. The number of esters is 1. The first-order valence-corrected chi connectivity index (χ1v) is 6.20. The highest BCUT2D eigenvalue weighted by Gasteiger charge is 2.25. The molecule has 0 aliphatic carbocycles. The zero-order valence-corrected chi connectivity index (χ0v) is 12.6. The van der Waals surface area contributed by atoms with Crippen molar-refractivity contribution in [2.24, 2.45) is 0 Å². The number of halogens is 3. The van der Waals surface area contributed by atoms with Crippen LogP contribution in [0.3, 0.4) is 0 Å². The lowest BCUT2D eigenvalue weighted by molar-refractivity contribution is 0.00656. The number of methoxy groups -OCH3 is 1. The molecule has 0 atom stereocenters. The third kappa shape index (κ3) is 3.30. The van der Waals surface area contributed by atoms with E-state index in [0.717, 1.165) is 6.07 Å². The van der Waals surface area contributed by atoms with Crippen LogP contribution in [0.25, 0.3) is 0 Å². The molecule has 1 rings (SSSR count). The van der Waals surface area contributed by atoms with E-state index >= 15 is 0 Å². The van der Waals surface area contributed by atoms with Gasteiger partial charge >= 0.3 is 5.97 Å². The Balaban J connectivity index is 3.28. The lowest BCUT2D eigenvalue weighted by Gasteiger charge is -2.20. The topological polar surface area (TPSA) is 35.5 Å².